The Labute approximate surface area is 125 Å². The largest absolute Gasteiger partial charge is 0.308 e. The van der Waals surface area contributed by atoms with Gasteiger partial charge in [-0.15, -0.1) is 0 Å². The Bertz CT molecular complexity index is 578. The maximum atomic E-state index is 4.32. The molecule has 2 atom stereocenters. The van der Waals surface area contributed by atoms with Crippen molar-refractivity contribution in [2.24, 2.45) is 11.8 Å². The van der Waals surface area contributed by atoms with E-state index in [0.29, 0.717) is 6.04 Å². The molecular formula is C18H21N3. The minimum Gasteiger partial charge on any atom is -0.308 e. The first-order valence-electron chi connectivity index (χ1n) is 7.95. The van der Waals surface area contributed by atoms with Gasteiger partial charge in [0.25, 0.3) is 0 Å². The molecule has 1 heterocycles. The topological polar surface area (TPSA) is 37.8 Å². The normalized spacial score (nSPS) is 27.1. The van der Waals surface area contributed by atoms with Crippen molar-refractivity contribution in [1.82, 2.24) is 15.3 Å². The molecular weight excluding hydrogens is 258 g/mol. The van der Waals surface area contributed by atoms with Crippen molar-refractivity contribution in [3.63, 3.8) is 0 Å². The first-order valence-corrected chi connectivity index (χ1v) is 7.95. The predicted molar refractivity (Wildman–Crippen MR) is 82.7 cm³/mol. The highest BCUT2D eigenvalue weighted by Gasteiger charge is 2.38. The smallest absolute Gasteiger partial charge is 0.115 e. The zero-order valence-electron chi connectivity index (χ0n) is 12.2. The quantitative estimate of drug-likeness (QED) is 0.939. The van der Waals surface area contributed by atoms with Crippen molar-refractivity contribution < 1.29 is 0 Å². The molecule has 0 amide bonds. The summed E-state index contributed by atoms with van der Waals surface area (Å²) in [5, 5.41) is 3.78. The fourth-order valence-corrected chi connectivity index (χ4v) is 4.13. The fraction of sp³-hybridized carbons (Fsp3) is 0.444. The minimum atomic E-state index is 0.632. The Morgan fingerprint density at radius 2 is 1.71 bits per heavy atom. The Morgan fingerprint density at radius 3 is 2.33 bits per heavy atom. The summed E-state index contributed by atoms with van der Waals surface area (Å²) in [6, 6.07) is 11.6. The van der Waals surface area contributed by atoms with Crippen LogP contribution in [0.1, 0.15) is 29.7 Å². The van der Waals surface area contributed by atoms with E-state index in [1.54, 1.807) is 17.5 Å². The van der Waals surface area contributed by atoms with Gasteiger partial charge in [0.1, 0.15) is 6.33 Å². The highest BCUT2D eigenvalue weighted by atomic mass is 15.0. The van der Waals surface area contributed by atoms with E-state index in [9.17, 15) is 0 Å². The monoisotopic (exact) mass is 279 g/mol. The van der Waals surface area contributed by atoms with Crippen molar-refractivity contribution in [2.75, 3.05) is 0 Å². The van der Waals surface area contributed by atoms with E-state index in [1.165, 1.54) is 25.7 Å². The van der Waals surface area contributed by atoms with Crippen LogP contribution in [0.4, 0.5) is 0 Å². The fourth-order valence-electron chi connectivity index (χ4n) is 4.13. The minimum absolute atomic E-state index is 0.632. The number of nitrogens with zero attached hydrogens (tertiary/aromatic N) is 2. The average Bonchev–Trinajstić information content (AvgIpc) is 2.80. The highest BCUT2D eigenvalue weighted by molar-refractivity contribution is 5.30. The van der Waals surface area contributed by atoms with E-state index in [1.807, 2.05) is 12.3 Å². The third-order valence-electron chi connectivity index (χ3n) is 5.17. The van der Waals surface area contributed by atoms with E-state index in [-0.39, 0.29) is 0 Å². The van der Waals surface area contributed by atoms with E-state index < -0.39 is 0 Å². The number of benzene rings is 1. The Kier molecular flexibility index (Phi) is 3.44. The summed E-state index contributed by atoms with van der Waals surface area (Å²) in [5.41, 5.74) is 4.23. The molecule has 0 aliphatic heterocycles. The summed E-state index contributed by atoms with van der Waals surface area (Å²) >= 11 is 0. The van der Waals surface area contributed by atoms with Gasteiger partial charge >= 0.3 is 0 Å². The number of hydrogen-bond donors (Lipinski definition) is 1. The second-order valence-corrected chi connectivity index (χ2v) is 6.38. The molecule has 2 aliphatic carbocycles. The second-order valence-electron chi connectivity index (χ2n) is 6.38. The van der Waals surface area contributed by atoms with Gasteiger partial charge in [-0.3, -0.25) is 0 Å². The first-order chi connectivity index (χ1) is 10.4. The SMILES string of the molecule is c1ccc2c(c1)CC1CCC(C2)C1NCc1ccncn1. The summed E-state index contributed by atoms with van der Waals surface area (Å²) in [4.78, 5) is 8.31. The molecule has 3 heteroatoms. The van der Waals surface area contributed by atoms with Crippen molar-refractivity contribution in [3.8, 4) is 0 Å². The van der Waals surface area contributed by atoms with Crippen molar-refractivity contribution in [1.29, 1.82) is 0 Å². The average molecular weight is 279 g/mol. The summed E-state index contributed by atoms with van der Waals surface area (Å²) in [7, 11) is 0. The molecule has 108 valence electrons. The van der Waals surface area contributed by atoms with Gasteiger partial charge in [0, 0.05) is 18.8 Å². The van der Waals surface area contributed by atoms with Crippen molar-refractivity contribution >= 4 is 0 Å². The van der Waals surface area contributed by atoms with Crippen LogP contribution in [-0.4, -0.2) is 16.0 Å². The molecule has 4 rings (SSSR count). The summed E-state index contributed by atoms with van der Waals surface area (Å²) in [5.74, 6) is 1.56. The predicted octanol–water partition coefficient (Wildman–Crippen LogP) is 2.76. The third kappa shape index (κ3) is 2.58. The van der Waals surface area contributed by atoms with Crippen LogP contribution >= 0.6 is 0 Å². The molecule has 3 nitrogen and oxygen atoms in total. The van der Waals surface area contributed by atoms with Crippen LogP contribution in [-0.2, 0) is 19.4 Å². The third-order valence-corrected chi connectivity index (χ3v) is 5.17. The molecule has 0 radical (unpaired) electrons. The van der Waals surface area contributed by atoms with Crippen LogP contribution in [0.15, 0.2) is 42.9 Å². The van der Waals surface area contributed by atoms with Gasteiger partial charge in [-0.25, -0.2) is 9.97 Å². The van der Waals surface area contributed by atoms with Crippen LogP contribution < -0.4 is 5.32 Å². The molecule has 1 fully saturated rings. The van der Waals surface area contributed by atoms with Crippen LogP contribution in [0.5, 0.6) is 0 Å². The standard InChI is InChI=1S/C18H21N3/c1-2-4-14-10-16-6-5-15(9-13(14)3-1)18(16)20-11-17-7-8-19-12-21-17/h1-4,7-8,12,15-16,18,20H,5-6,9-11H2. The van der Waals surface area contributed by atoms with E-state index in [2.05, 4.69) is 39.6 Å². The number of aromatic nitrogens is 2. The zero-order chi connectivity index (χ0) is 14.1. The first kappa shape index (κ1) is 13.0. The van der Waals surface area contributed by atoms with Crippen molar-refractivity contribution in [2.45, 2.75) is 38.3 Å². The second kappa shape index (κ2) is 5.57. The van der Waals surface area contributed by atoms with Gasteiger partial charge in [0.15, 0.2) is 0 Å². The van der Waals surface area contributed by atoms with Crippen LogP contribution in [0.25, 0.3) is 0 Å². The van der Waals surface area contributed by atoms with Crippen LogP contribution in [0.3, 0.4) is 0 Å². The van der Waals surface area contributed by atoms with Gasteiger partial charge in [-0.05, 0) is 54.7 Å². The molecule has 1 saturated carbocycles. The van der Waals surface area contributed by atoms with Crippen molar-refractivity contribution in [3.05, 3.63) is 59.7 Å². The van der Waals surface area contributed by atoms with Gasteiger partial charge in [0.05, 0.1) is 5.69 Å². The molecule has 1 aromatic heterocycles. The molecule has 1 N–H and O–H groups in total. The maximum Gasteiger partial charge on any atom is 0.115 e. The van der Waals surface area contributed by atoms with Gasteiger partial charge in [0.2, 0.25) is 0 Å². The number of rotatable bonds is 3. The molecule has 0 saturated heterocycles. The molecule has 2 bridgehead atoms. The summed E-state index contributed by atoms with van der Waals surface area (Å²) in [6.07, 6.45) is 8.64. The summed E-state index contributed by atoms with van der Waals surface area (Å²) < 4.78 is 0. The molecule has 2 aromatic rings. The van der Waals surface area contributed by atoms with Gasteiger partial charge in [-0.2, -0.15) is 0 Å². The molecule has 2 unspecified atom stereocenters. The lowest BCUT2D eigenvalue weighted by molar-refractivity contribution is 0.339. The lowest BCUT2D eigenvalue weighted by Gasteiger charge is -2.23. The molecule has 1 aromatic carbocycles. The molecule has 0 spiro atoms. The number of fused-ring (bicyclic) bond motifs is 3. The van der Waals surface area contributed by atoms with Gasteiger partial charge < -0.3 is 5.32 Å². The lowest BCUT2D eigenvalue weighted by Crippen LogP contribution is -2.37. The highest BCUT2D eigenvalue weighted by Crippen LogP contribution is 2.40. The Hall–Kier alpha value is -1.74. The number of nitrogens with one attached hydrogen (secondary N) is 1. The molecule has 21 heavy (non-hydrogen) atoms. The number of hydrogen-bond acceptors (Lipinski definition) is 3. The zero-order valence-corrected chi connectivity index (χ0v) is 12.2. The van der Waals surface area contributed by atoms with E-state index >= 15 is 0 Å². The maximum absolute atomic E-state index is 4.32. The summed E-state index contributed by atoms with van der Waals surface area (Å²) in [6.45, 7) is 0.858. The van der Waals surface area contributed by atoms with Crippen LogP contribution in [0.2, 0.25) is 0 Å². The van der Waals surface area contributed by atoms with E-state index in [0.717, 1.165) is 24.1 Å². The van der Waals surface area contributed by atoms with Gasteiger partial charge in [-0.1, -0.05) is 24.3 Å². The van der Waals surface area contributed by atoms with E-state index in [4.69, 9.17) is 0 Å². The lowest BCUT2D eigenvalue weighted by atomic mass is 9.94. The Balaban J connectivity index is 1.50. The molecule has 2 aliphatic rings. The van der Waals surface area contributed by atoms with Crippen LogP contribution in [0, 0.1) is 11.8 Å². The Morgan fingerprint density at radius 1 is 1.00 bits per heavy atom.